The van der Waals surface area contributed by atoms with Gasteiger partial charge in [-0.3, -0.25) is 4.98 Å². The summed E-state index contributed by atoms with van der Waals surface area (Å²) >= 11 is 0. The zero-order valence-electron chi connectivity index (χ0n) is 18.8. The number of aromatic nitrogens is 1. The molecule has 1 aromatic rings. The SMILES string of the molecule is Cc1ncc(CN)c(CO[Si](C)(C)C(C)(C)C)c1O[Si](C)(C)C(C)(C)C. The predicted octanol–water partition coefficient (Wildman–Crippen LogP) is 5.75. The molecule has 0 aromatic carbocycles. The molecule has 4 nitrogen and oxygen atoms in total. The summed E-state index contributed by atoms with van der Waals surface area (Å²) in [5.74, 6) is 0.887. The van der Waals surface area contributed by atoms with Crippen molar-refractivity contribution < 1.29 is 8.85 Å². The summed E-state index contributed by atoms with van der Waals surface area (Å²) < 4.78 is 13.2. The fourth-order valence-corrected chi connectivity index (χ4v) is 4.05. The van der Waals surface area contributed by atoms with Gasteiger partial charge in [0.15, 0.2) is 8.32 Å². The zero-order chi connectivity index (χ0) is 20.6. The third-order valence-corrected chi connectivity index (χ3v) is 15.0. The van der Waals surface area contributed by atoms with Crippen LogP contribution in [0, 0.1) is 6.92 Å². The molecule has 1 rings (SSSR count). The van der Waals surface area contributed by atoms with E-state index in [9.17, 15) is 0 Å². The van der Waals surface area contributed by atoms with Crippen LogP contribution in [0.4, 0.5) is 0 Å². The number of nitrogens with two attached hydrogens (primary N) is 1. The Bertz CT molecular complexity index is 630. The summed E-state index contributed by atoms with van der Waals surface area (Å²) in [5.41, 5.74) is 9.03. The van der Waals surface area contributed by atoms with Crippen LogP contribution in [-0.4, -0.2) is 21.6 Å². The van der Waals surface area contributed by atoms with Crippen LogP contribution < -0.4 is 10.2 Å². The molecule has 0 saturated heterocycles. The molecular formula is C20H40N2O2Si2. The van der Waals surface area contributed by atoms with E-state index >= 15 is 0 Å². The lowest BCUT2D eigenvalue weighted by Crippen LogP contribution is -2.44. The van der Waals surface area contributed by atoms with Crippen LogP contribution in [0.2, 0.25) is 36.3 Å². The van der Waals surface area contributed by atoms with Crippen LogP contribution in [0.25, 0.3) is 0 Å². The lowest BCUT2D eigenvalue weighted by molar-refractivity contribution is 0.271. The van der Waals surface area contributed by atoms with Gasteiger partial charge < -0.3 is 14.6 Å². The highest BCUT2D eigenvalue weighted by molar-refractivity contribution is 6.75. The first-order valence-corrected chi connectivity index (χ1v) is 15.4. The van der Waals surface area contributed by atoms with Gasteiger partial charge in [-0.15, -0.1) is 0 Å². The van der Waals surface area contributed by atoms with E-state index in [1.165, 1.54) is 0 Å². The highest BCUT2D eigenvalue weighted by Gasteiger charge is 2.41. The molecule has 6 heteroatoms. The largest absolute Gasteiger partial charge is 0.542 e. The minimum Gasteiger partial charge on any atom is -0.542 e. The van der Waals surface area contributed by atoms with Gasteiger partial charge in [-0.1, -0.05) is 41.5 Å². The Kier molecular flexibility index (Phi) is 6.95. The van der Waals surface area contributed by atoms with Crippen LogP contribution in [0.3, 0.4) is 0 Å². The molecule has 1 aromatic heterocycles. The topological polar surface area (TPSA) is 57.4 Å². The maximum absolute atomic E-state index is 6.68. The minimum atomic E-state index is -1.98. The molecule has 0 aliphatic carbocycles. The number of hydrogen-bond donors (Lipinski definition) is 1. The standard InChI is InChI=1S/C20H40N2O2Si2/c1-15-18(24-26(10,11)20(5,6)7)17(16(12-21)13-22-15)14-23-25(8,9)19(2,3)4/h13H,12,14,21H2,1-11H3. The van der Waals surface area contributed by atoms with Crippen LogP contribution in [0.15, 0.2) is 6.20 Å². The number of rotatable bonds is 6. The van der Waals surface area contributed by atoms with E-state index in [-0.39, 0.29) is 10.1 Å². The molecule has 0 radical (unpaired) electrons. The van der Waals surface area contributed by atoms with Crippen LogP contribution in [0.1, 0.15) is 58.4 Å². The molecule has 0 saturated carbocycles. The summed E-state index contributed by atoms with van der Waals surface area (Å²) in [6.45, 7) is 25.6. The van der Waals surface area contributed by atoms with Gasteiger partial charge in [0.2, 0.25) is 0 Å². The van der Waals surface area contributed by atoms with E-state index < -0.39 is 16.6 Å². The Balaban J connectivity index is 3.32. The summed E-state index contributed by atoms with van der Waals surface area (Å²) in [4.78, 5) is 4.54. The van der Waals surface area contributed by atoms with Gasteiger partial charge in [-0.25, -0.2) is 0 Å². The van der Waals surface area contributed by atoms with E-state index in [0.29, 0.717) is 13.2 Å². The van der Waals surface area contributed by atoms with Crippen molar-refractivity contribution in [1.82, 2.24) is 4.98 Å². The summed E-state index contributed by atoms with van der Waals surface area (Å²) in [5, 5.41) is 0.286. The van der Waals surface area contributed by atoms with E-state index in [0.717, 1.165) is 22.6 Å². The first kappa shape index (κ1) is 23.3. The Morgan fingerprint density at radius 1 is 0.962 bits per heavy atom. The van der Waals surface area contributed by atoms with Crippen molar-refractivity contribution in [2.75, 3.05) is 0 Å². The molecule has 0 atom stereocenters. The van der Waals surface area contributed by atoms with Crippen LogP contribution >= 0.6 is 0 Å². The minimum absolute atomic E-state index is 0.121. The summed E-state index contributed by atoms with van der Waals surface area (Å²) in [6, 6.07) is 0. The maximum atomic E-state index is 6.68. The van der Waals surface area contributed by atoms with Crippen molar-refractivity contribution in [2.24, 2.45) is 5.73 Å². The smallest absolute Gasteiger partial charge is 0.250 e. The monoisotopic (exact) mass is 396 g/mol. The highest BCUT2D eigenvalue weighted by atomic mass is 28.4. The Labute approximate surface area is 163 Å². The molecule has 2 N–H and O–H groups in total. The van der Waals surface area contributed by atoms with Crippen molar-refractivity contribution in [1.29, 1.82) is 0 Å². The van der Waals surface area contributed by atoms with Gasteiger partial charge in [0, 0.05) is 18.3 Å². The van der Waals surface area contributed by atoms with Gasteiger partial charge in [0.05, 0.1) is 12.3 Å². The number of pyridine rings is 1. The lowest BCUT2D eigenvalue weighted by atomic mass is 10.1. The van der Waals surface area contributed by atoms with E-state index in [4.69, 9.17) is 14.6 Å². The average molecular weight is 397 g/mol. The Morgan fingerprint density at radius 3 is 1.88 bits per heavy atom. The van der Waals surface area contributed by atoms with Crippen molar-refractivity contribution in [2.45, 2.75) is 97.9 Å². The van der Waals surface area contributed by atoms with Gasteiger partial charge in [-0.05, 0) is 48.8 Å². The van der Waals surface area contributed by atoms with Crippen LogP contribution in [-0.2, 0) is 17.6 Å². The lowest BCUT2D eigenvalue weighted by Gasteiger charge is -2.39. The second-order valence-corrected chi connectivity index (χ2v) is 19.8. The first-order chi connectivity index (χ1) is 11.5. The average Bonchev–Trinajstić information content (AvgIpc) is 2.45. The second kappa shape index (κ2) is 7.74. The van der Waals surface area contributed by atoms with Crippen molar-refractivity contribution in [3.8, 4) is 5.75 Å². The van der Waals surface area contributed by atoms with Crippen LogP contribution in [0.5, 0.6) is 5.75 Å². The van der Waals surface area contributed by atoms with Gasteiger partial charge in [0.25, 0.3) is 8.32 Å². The quantitative estimate of drug-likeness (QED) is 0.621. The first-order valence-electron chi connectivity index (χ1n) is 9.54. The summed E-state index contributed by atoms with van der Waals surface area (Å²) in [7, 11) is -3.85. The third kappa shape index (κ3) is 5.18. The molecule has 26 heavy (non-hydrogen) atoms. The third-order valence-electron chi connectivity index (χ3n) is 6.17. The molecule has 150 valence electrons. The zero-order valence-corrected chi connectivity index (χ0v) is 20.8. The van der Waals surface area contributed by atoms with E-state index in [1.807, 2.05) is 13.1 Å². The van der Waals surface area contributed by atoms with E-state index in [1.54, 1.807) is 0 Å². The van der Waals surface area contributed by atoms with Crippen molar-refractivity contribution >= 4 is 16.6 Å². The molecule has 0 fully saturated rings. The predicted molar refractivity (Wildman–Crippen MR) is 117 cm³/mol. The Morgan fingerprint density at radius 2 is 1.46 bits per heavy atom. The molecule has 0 bridgehead atoms. The maximum Gasteiger partial charge on any atom is 0.250 e. The second-order valence-electron chi connectivity index (χ2n) is 10.3. The number of aryl methyl sites for hydroxylation is 1. The highest BCUT2D eigenvalue weighted by Crippen LogP contribution is 2.41. The molecule has 0 amide bonds. The van der Waals surface area contributed by atoms with Crippen molar-refractivity contribution in [3.05, 3.63) is 23.0 Å². The van der Waals surface area contributed by atoms with Gasteiger partial charge >= 0.3 is 0 Å². The fraction of sp³-hybridized carbons (Fsp3) is 0.750. The number of hydrogen-bond acceptors (Lipinski definition) is 4. The normalized spacial score (nSPS) is 13.8. The van der Waals surface area contributed by atoms with Crippen molar-refractivity contribution in [3.63, 3.8) is 0 Å². The summed E-state index contributed by atoms with van der Waals surface area (Å²) in [6.07, 6.45) is 1.87. The van der Waals surface area contributed by atoms with Gasteiger partial charge in [0.1, 0.15) is 5.75 Å². The molecule has 0 aliphatic heterocycles. The molecule has 0 aliphatic rings. The van der Waals surface area contributed by atoms with E-state index in [2.05, 4.69) is 72.7 Å². The fourth-order valence-electron chi connectivity index (χ4n) is 2.02. The van der Waals surface area contributed by atoms with Gasteiger partial charge in [-0.2, -0.15) is 0 Å². The Hall–Kier alpha value is -0.696. The molecular weight excluding hydrogens is 356 g/mol. The molecule has 1 heterocycles. The molecule has 0 unspecified atom stereocenters. The molecule has 0 spiro atoms. The number of nitrogens with zero attached hydrogens (tertiary/aromatic N) is 1.